The molecule has 0 radical (unpaired) electrons. The smallest absolute Gasteiger partial charge is 0.305 e. The molecule has 0 bridgehead atoms. The van der Waals surface area contributed by atoms with E-state index < -0.39 is 6.04 Å². The van der Waals surface area contributed by atoms with Crippen molar-refractivity contribution in [1.82, 2.24) is 4.98 Å². The molecule has 0 aliphatic carbocycles. The molecule has 0 fully saturated rings. The van der Waals surface area contributed by atoms with Gasteiger partial charge in [0.2, 0.25) is 5.91 Å². The van der Waals surface area contributed by atoms with E-state index in [1.807, 2.05) is 43.3 Å². The van der Waals surface area contributed by atoms with Gasteiger partial charge < -0.3 is 10.1 Å². The van der Waals surface area contributed by atoms with Crippen molar-refractivity contribution in [3.8, 4) is 0 Å². The molecule has 0 saturated heterocycles. The van der Waals surface area contributed by atoms with Gasteiger partial charge in [-0.25, -0.2) is 0 Å². The molecule has 128 valence electrons. The van der Waals surface area contributed by atoms with Crippen LogP contribution in [0, 0.1) is 6.92 Å². The molecule has 1 aliphatic heterocycles. The van der Waals surface area contributed by atoms with Crippen LogP contribution in [0.4, 0.5) is 5.69 Å². The van der Waals surface area contributed by atoms with Crippen LogP contribution in [0.3, 0.4) is 0 Å². The number of pyridine rings is 1. The van der Waals surface area contributed by atoms with Crippen LogP contribution in [0.5, 0.6) is 0 Å². The van der Waals surface area contributed by atoms with Crippen molar-refractivity contribution in [2.24, 2.45) is 4.99 Å². The first-order valence-electron chi connectivity index (χ1n) is 8.06. The van der Waals surface area contributed by atoms with E-state index in [0.717, 1.165) is 11.1 Å². The van der Waals surface area contributed by atoms with Crippen LogP contribution in [0.15, 0.2) is 47.6 Å². The number of hydrogen-bond acceptors (Lipinski definition) is 5. The average molecular weight is 337 g/mol. The van der Waals surface area contributed by atoms with E-state index in [1.54, 1.807) is 6.20 Å². The molecule has 3 rings (SSSR count). The first kappa shape index (κ1) is 16.8. The number of esters is 1. The Morgan fingerprint density at radius 1 is 1.28 bits per heavy atom. The predicted molar refractivity (Wildman–Crippen MR) is 94.7 cm³/mol. The molecule has 1 amide bonds. The number of anilines is 1. The molecule has 1 N–H and O–H groups in total. The van der Waals surface area contributed by atoms with Gasteiger partial charge in [-0.15, -0.1) is 0 Å². The van der Waals surface area contributed by atoms with Crippen molar-refractivity contribution in [2.75, 3.05) is 12.4 Å². The monoisotopic (exact) mass is 337 g/mol. The first-order valence-corrected chi connectivity index (χ1v) is 8.06. The number of aromatic nitrogens is 1. The van der Waals surface area contributed by atoms with Gasteiger partial charge in [-0.05, 0) is 37.6 Å². The first-order chi connectivity index (χ1) is 12.1. The molecule has 6 heteroatoms. The maximum Gasteiger partial charge on any atom is 0.305 e. The zero-order chi connectivity index (χ0) is 17.8. The Balaban J connectivity index is 2.05. The number of aliphatic imine (C=N–C) groups is 1. The lowest BCUT2D eigenvalue weighted by Crippen LogP contribution is -2.26. The average Bonchev–Trinajstić information content (AvgIpc) is 2.76. The number of benzodiazepines with no additional fused rings is 1. The van der Waals surface area contributed by atoms with E-state index in [1.165, 1.54) is 7.11 Å². The number of aryl methyl sites for hydroxylation is 1. The van der Waals surface area contributed by atoms with E-state index in [0.29, 0.717) is 17.1 Å². The van der Waals surface area contributed by atoms with Gasteiger partial charge in [0.05, 0.1) is 24.2 Å². The third kappa shape index (κ3) is 3.74. The fraction of sp³-hybridized carbons (Fsp3) is 0.263. The number of methoxy groups -OCH3 is 1. The van der Waals surface area contributed by atoms with Gasteiger partial charge >= 0.3 is 5.97 Å². The predicted octanol–water partition coefficient (Wildman–Crippen LogP) is 2.50. The summed E-state index contributed by atoms with van der Waals surface area (Å²) in [6.45, 7) is 1.98. The summed E-state index contributed by atoms with van der Waals surface area (Å²) in [5.74, 6) is -0.597. The quantitative estimate of drug-likeness (QED) is 0.869. The van der Waals surface area contributed by atoms with E-state index in [4.69, 9.17) is 0 Å². The third-order valence-corrected chi connectivity index (χ3v) is 4.03. The summed E-state index contributed by atoms with van der Waals surface area (Å²) in [7, 11) is 1.33. The lowest BCUT2D eigenvalue weighted by Gasteiger charge is -2.10. The molecule has 1 aromatic heterocycles. The van der Waals surface area contributed by atoms with Crippen molar-refractivity contribution >= 4 is 23.3 Å². The largest absolute Gasteiger partial charge is 0.469 e. The Hall–Kier alpha value is -3.02. The van der Waals surface area contributed by atoms with Gasteiger partial charge in [-0.2, -0.15) is 0 Å². The summed E-state index contributed by atoms with van der Waals surface area (Å²) in [5.41, 5.74) is 3.92. The maximum absolute atomic E-state index is 12.5. The second-order valence-electron chi connectivity index (χ2n) is 5.86. The lowest BCUT2D eigenvalue weighted by molar-refractivity contribution is -0.140. The fourth-order valence-corrected chi connectivity index (χ4v) is 2.72. The number of carbonyl (C=O) groups is 2. The molecule has 6 nitrogen and oxygen atoms in total. The van der Waals surface area contributed by atoms with E-state index in [2.05, 4.69) is 20.0 Å². The Morgan fingerprint density at radius 2 is 2.12 bits per heavy atom. The summed E-state index contributed by atoms with van der Waals surface area (Å²) < 4.78 is 4.67. The molecular weight excluding hydrogens is 318 g/mol. The Bertz CT molecular complexity index is 831. The fourth-order valence-electron chi connectivity index (χ4n) is 2.72. The number of nitrogens with zero attached hydrogens (tertiary/aromatic N) is 2. The minimum Gasteiger partial charge on any atom is -0.469 e. The van der Waals surface area contributed by atoms with Crippen molar-refractivity contribution in [3.05, 3.63) is 59.4 Å². The summed E-state index contributed by atoms with van der Waals surface area (Å²) >= 11 is 0. The number of benzene rings is 1. The number of amides is 1. The van der Waals surface area contributed by atoms with Gasteiger partial charge in [0, 0.05) is 18.2 Å². The number of hydrogen-bond donors (Lipinski definition) is 1. The Kier molecular flexibility index (Phi) is 4.88. The molecule has 0 unspecified atom stereocenters. The molecule has 0 saturated carbocycles. The SMILES string of the molecule is COC(=O)CC[C@@H]1N=C(c2ccccn2)c2cc(C)ccc2NC1=O. The van der Waals surface area contributed by atoms with Crippen molar-refractivity contribution < 1.29 is 14.3 Å². The normalized spacial score (nSPS) is 16.3. The van der Waals surface area contributed by atoms with Crippen LogP contribution < -0.4 is 5.32 Å². The molecule has 1 aliphatic rings. The van der Waals surface area contributed by atoms with Gasteiger partial charge in [-0.1, -0.05) is 17.7 Å². The molecular formula is C19H19N3O3. The number of carbonyl (C=O) groups excluding carboxylic acids is 2. The minimum absolute atomic E-state index is 0.128. The number of rotatable bonds is 4. The highest BCUT2D eigenvalue weighted by atomic mass is 16.5. The molecule has 1 aromatic carbocycles. The summed E-state index contributed by atoms with van der Waals surface area (Å²) in [4.78, 5) is 33.0. The zero-order valence-electron chi connectivity index (χ0n) is 14.2. The standard InChI is InChI=1S/C19H19N3O3/c1-12-6-7-14-13(11-12)18(15-5-3-4-10-20-15)21-16(19(24)22-14)8-9-17(23)25-2/h3-7,10-11,16H,8-9H2,1-2H3,(H,22,24)/t16-/m0/s1. The van der Waals surface area contributed by atoms with E-state index in [-0.39, 0.29) is 24.7 Å². The second-order valence-corrected chi connectivity index (χ2v) is 5.86. The second kappa shape index (κ2) is 7.25. The van der Waals surface area contributed by atoms with Gasteiger partial charge in [-0.3, -0.25) is 19.6 Å². The summed E-state index contributed by atoms with van der Waals surface area (Å²) in [5, 5.41) is 2.91. The molecule has 0 spiro atoms. The Morgan fingerprint density at radius 3 is 2.84 bits per heavy atom. The topological polar surface area (TPSA) is 80.7 Å². The Labute approximate surface area is 146 Å². The number of nitrogens with one attached hydrogen (secondary N) is 1. The van der Waals surface area contributed by atoms with Crippen molar-refractivity contribution in [3.63, 3.8) is 0 Å². The lowest BCUT2D eigenvalue weighted by atomic mass is 10.0. The van der Waals surface area contributed by atoms with E-state index in [9.17, 15) is 9.59 Å². The van der Waals surface area contributed by atoms with Crippen molar-refractivity contribution in [1.29, 1.82) is 0 Å². The van der Waals surface area contributed by atoms with Gasteiger partial charge in [0.15, 0.2) is 0 Å². The minimum atomic E-state index is -0.677. The molecule has 25 heavy (non-hydrogen) atoms. The number of ether oxygens (including phenoxy) is 1. The summed E-state index contributed by atoms with van der Waals surface area (Å²) in [6.07, 6.45) is 2.10. The molecule has 2 aromatic rings. The summed E-state index contributed by atoms with van der Waals surface area (Å²) in [6, 6.07) is 10.7. The highest BCUT2D eigenvalue weighted by Crippen LogP contribution is 2.25. The van der Waals surface area contributed by atoms with Crippen molar-refractivity contribution in [2.45, 2.75) is 25.8 Å². The van der Waals surface area contributed by atoms with E-state index >= 15 is 0 Å². The van der Waals surface area contributed by atoms with Crippen LogP contribution in [0.1, 0.15) is 29.7 Å². The van der Waals surface area contributed by atoms with Crippen LogP contribution >= 0.6 is 0 Å². The third-order valence-electron chi connectivity index (χ3n) is 4.03. The zero-order valence-corrected chi connectivity index (χ0v) is 14.2. The van der Waals surface area contributed by atoms with Crippen LogP contribution in [-0.4, -0.2) is 35.7 Å². The maximum atomic E-state index is 12.5. The van der Waals surface area contributed by atoms with Crippen LogP contribution in [0.2, 0.25) is 0 Å². The van der Waals surface area contributed by atoms with Gasteiger partial charge in [0.25, 0.3) is 0 Å². The highest BCUT2D eigenvalue weighted by Gasteiger charge is 2.26. The number of fused-ring (bicyclic) bond motifs is 1. The molecule has 2 heterocycles. The van der Waals surface area contributed by atoms with Gasteiger partial charge in [0.1, 0.15) is 6.04 Å². The van der Waals surface area contributed by atoms with Crippen LogP contribution in [0.25, 0.3) is 0 Å². The highest BCUT2D eigenvalue weighted by molar-refractivity contribution is 6.18. The molecule has 1 atom stereocenters. The van der Waals surface area contributed by atoms with Crippen LogP contribution in [-0.2, 0) is 14.3 Å².